The highest BCUT2D eigenvalue weighted by Gasteiger charge is 2.25. The maximum Gasteiger partial charge on any atom is 0.250 e. The molecule has 0 saturated heterocycles. The Morgan fingerprint density at radius 1 is 1.21 bits per heavy atom. The molecule has 1 aliphatic carbocycles. The third-order valence-corrected chi connectivity index (χ3v) is 5.51. The lowest BCUT2D eigenvalue weighted by atomic mass is 9.87. The molecule has 0 aliphatic heterocycles. The number of aromatic nitrogens is 2. The number of nitrogens with one attached hydrogen (secondary N) is 1. The highest BCUT2D eigenvalue weighted by molar-refractivity contribution is 6.04. The zero-order chi connectivity index (χ0) is 18.5. The van der Waals surface area contributed by atoms with E-state index in [1.165, 1.54) is 0 Å². The van der Waals surface area contributed by atoms with Crippen molar-refractivity contribution in [3.63, 3.8) is 0 Å². The number of hydrogen-bond donors (Lipinski definition) is 2. The third-order valence-electron chi connectivity index (χ3n) is 5.51. The Kier molecular flexibility index (Phi) is 10.2. The van der Waals surface area contributed by atoms with Gasteiger partial charge in [-0.15, -0.1) is 24.8 Å². The molecule has 1 aromatic carbocycles. The molecule has 2 aromatic rings. The Hall–Kier alpha value is -1.34. The molecule has 0 unspecified atom stereocenters. The molecule has 0 radical (unpaired) electrons. The van der Waals surface area contributed by atoms with E-state index >= 15 is 0 Å². The number of nitrogens with two attached hydrogens (primary N) is 1. The largest absolute Gasteiger partial charge is 0.377 e. The standard InChI is InChI=1S/C20H30N4O2.2ClH/c1-3-24(4-2)12-13-26-15-10-8-14(9-11-15)20-22-17-7-5-6-16(19(21)25)18(17)23-20;;/h5-7,14-15H,3-4,8-13H2,1-2H3,(H2,21,25)(H,22,23);2*1H. The number of H-pyrrole nitrogens is 1. The second-order valence-corrected chi connectivity index (χ2v) is 7.06. The minimum Gasteiger partial charge on any atom is -0.377 e. The molecule has 3 N–H and O–H groups in total. The number of likely N-dealkylation sites (N-methyl/N-ethyl adjacent to an activating group) is 1. The van der Waals surface area contributed by atoms with E-state index in [4.69, 9.17) is 10.5 Å². The van der Waals surface area contributed by atoms with E-state index in [0.717, 1.165) is 63.3 Å². The third kappa shape index (κ3) is 5.83. The number of para-hydroxylation sites is 1. The van der Waals surface area contributed by atoms with Gasteiger partial charge in [-0.2, -0.15) is 0 Å². The lowest BCUT2D eigenvalue weighted by Crippen LogP contribution is -2.30. The van der Waals surface area contributed by atoms with Crippen LogP contribution in [-0.4, -0.2) is 53.1 Å². The summed E-state index contributed by atoms with van der Waals surface area (Å²) in [5.74, 6) is 0.931. The van der Waals surface area contributed by atoms with Gasteiger partial charge >= 0.3 is 0 Å². The van der Waals surface area contributed by atoms with Gasteiger partial charge < -0.3 is 20.4 Å². The first-order valence-electron chi connectivity index (χ1n) is 9.74. The smallest absolute Gasteiger partial charge is 0.250 e. The second-order valence-electron chi connectivity index (χ2n) is 7.06. The van der Waals surface area contributed by atoms with Crippen LogP contribution in [-0.2, 0) is 4.74 Å². The van der Waals surface area contributed by atoms with Gasteiger partial charge in [-0.25, -0.2) is 4.98 Å². The normalized spacial score (nSPS) is 19.2. The number of rotatable bonds is 8. The van der Waals surface area contributed by atoms with Crippen molar-refractivity contribution in [3.05, 3.63) is 29.6 Å². The number of ether oxygens (including phenoxy) is 1. The van der Waals surface area contributed by atoms with E-state index in [0.29, 0.717) is 23.1 Å². The van der Waals surface area contributed by atoms with E-state index < -0.39 is 5.91 Å². The van der Waals surface area contributed by atoms with E-state index in [-0.39, 0.29) is 24.8 Å². The van der Waals surface area contributed by atoms with Crippen molar-refractivity contribution in [2.45, 2.75) is 51.6 Å². The van der Waals surface area contributed by atoms with Crippen molar-refractivity contribution in [3.8, 4) is 0 Å². The number of fused-ring (bicyclic) bond motifs is 1. The summed E-state index contributed by atoms with van der Waals surface area (Å²) in [5.41, 5.74) is 7.52. The number of nitrogens with zero attached hydrogens (tertiary/aromatic N) is 2. The van der Waals surface area contributed by atoms with E-state index in [1.807, 2.05) is 12.1 Å². The molecule has 0 bridgehead atoms. The summed E-state index contributed by atoms with van der Waals surface area (Å²) in [6, 6.07) is 5.52. The van der Waals surface area contributed by atoms with Gasteiger partial charge in [0.1, 0.15) is 11.3 Å². The SMILES string of the molecule is CCN(CC)CCOC1CCC(c2nc3c(C(N)=O)cccc3[nH]2)CC1.Cl.Cl. The Morgan fingerprint density at radius 2 is 1.89 bits per heavy atom. The summed E-state index contributed by atoms with van der Waals surface area (Å²) in [6.45, 7) is 8.34. The molecule has 8 heteroatoms. The first-order chi connectivity index (χ1) is 12.6. The first-order valence-corrected chi connectivity index (χ1v) is 9.74. The first kappa shape index (κ1) is 24.7. The average molecular weight is 431 g/mol. The Morgan fingerprint density at radius 3 is 2.50 bits per heavy atom. The topological polar surface area (TPSA) is 84.2 Å². The highest BCUT2D eigenvalue weighted by Crippen LogP contribution is 2.33. The molecule has 0 atom stereocenters. The van der Waals surface area contributed by atoms with Crippen molar-refractivity contribution in [1.82, 2.24) is 14.9 Å². The van der Waals surface area contributed by atoms with Gasteiger partial charge in [0.25, 0.3) is 5.91 Å². The predicted octanol–water partition coefficient (Wildman–Crippen LogP) is 3.89. The molecular formula is C20H32Cl2N4O2. The lowest BCUT2D eigenvalue weighted by Gasteiger charge is -2.28. The van der Waals surface area contributed by atoms with Crippen LogP contribution in [0.1, 0.15) is 61.6 Å². The maximum atomic E-state index is 11.6. The number of amides is 1. The van der Waals surface area contributed by atoms with Gasteiger partial charge in [-0.3, -0.25) is 4.79 Å². The number of hydrogen-bond acceptors (Lipinski definition) is 4. The Bertz CT molecular complexity index is 741. The van der Waals surface area contributed by atoms with Crippen molar-refractivity contribution in [1.29, 1.82) is 0 Å². The number of halogens is 2. The molecule has 158 valence electrons. The number of imidazole rings is 1. The van der Waals surface area contributed by atoms with Crippen LogP contribution in [0.25, 0.3) is 11.0 Å². The molecule has 6 nitrogen and oxygen atoms in total. The monoisotopic (exact) mass is 430 g/mol. The van der Waals surface area contributed by atoms with E-state index in [1.54, 1.807) is 6.07 Å². The number of carbonyl (C=O) groups is 1. The van der Waals surface area contributed by atoms with Crippen LogP contribution in [0.2, 0.25) is 0 Å². The minimum atomic E-state index is -0.432. The van der Waals surface area contributed by atoms with Crippen LogP contribution < -0.4 is 5.73 Å². The number of primary amides is 1. The molecule has 28 heavy (non-hydrogen) atoms. The van der Waals surface area contributed by atoms with Crippen molar-refractivity contribution < 1.29 is 9.53 Å². The molecule has 1 saturated carbocycles. The fraction of sp³-hybridized carbons (Fsp3) is 0.600. The van der Waals surface area contributed by atoms with E-state index in [2.05, 4.69) is 28.7 Å². The zero-order valence-electron chi connectivity index (χ0n) is 16.6. The lowest BCUT2D eigenvalue weighted by molar-refractivity contribution is 0.0137. The maximum absolute atomic E-state index is 11.6. The van der Waals surface area contributed by atoms with Gasteiger partial charge in [-0.1, -0.05) is 19.9 Å². The molecule has 1 heterocycles. The summed E-state index contributed by atoms with van der Waals surface area (Å²) >= 11 is 0. The molecule has 1 aliphatic rings. The summed E-state index contributed by atoms with van der Waals surface area (Å²) in [6.07, 6.45) is 4.58. The van der Waals surface area contributed by atoms with Gasteiger partial charge in [0.2, 0.25) is 0 Å². The van der Waals surface area contributed by atoms with Gasteiger partial charge in [0, 0.05) is 12.5 Å². The van der Waals surface area contributed by atoms with Gasteiger partial charge in [0.15, 0.2) is 0 Å². The highest BCUT2D eigenvalue weighted by atomic mass is 35.5. The fourth-order valence-electron chi connectivity index (χ4n) is 3.83. The van der Waals surface area contributed by atoms with E-state index in [9.17, 15) is 4.79 Å². The van der Waals surface area contributed by atoms with Crippen LogP contribution in [0, 0.1) is 0 Å². The molecule has 1 aromatic heterocycles. The summed E-state index contributed by atoms with van der Waals surface area (Å²) < 4.78 is 6.08. The number of benzene rings is 1. The molecular weight excluding hydrogens is 399 g/mol. The zero-order valence-corrected chi connectivity index (χ0v) is 18.3. The van der Waals surface area contributed by atoms with Crippen molar-refractivity contribution in [2.75, 3.05) is 26.2 Å². The Balaban J connectivity index is 0.00000196. The van der Waals surface area contributed by atoms with Crippen LogP contribution in [0.3, 0.4) is 0 Å². The van der Waals surface area contributed by atoms with Crippen LogP contribution in [0.5, 0.6) is 0 Å². The second kappa shape index (κ2) is 11.6. The molecule has 3 rings (SSSR count). The summed E-state index contributed by atoms with van der Waals surface area (Å²) in [5, 5.41) is 0. The van der Waals surface area contributed by atoms with Gasteiger partial charge in [-0.05, 0) is 50.9 Å². The van der Waals surface area contributed by atoms with Crippen molar-refractivity contribution in [2.24, 2.45) is 5.73 Å². The summed E-state index contributed by atoms with van der Waals surface area (Å²) in [7, 11) is 0. The molecule has 1 amide bonds. The fourth-order valence-corrected chi connectivity index (χ4v) is 3.83. The van der Waals surface area contributed by atoms with Crippen molar-refractivity contribution >= 4 is 41.8 Å². The van der Waals surface area contributed by atoms with Crippen LogP contribution in [0.15, 0.2) is 18.2 Å². The molecule has 1 fully saturated rings. The number of carbonyl (C=O) groups excluding carboxylic acids is 1. The molecule has 0 spiro atoms. The minimum absolute atomic E-state index is 0. The van der Waals surface area contributed by atoms with Crippen LogP contribution >= 0.6 is 24.8 Å². The van der Waals surface area contributed by atoms with Gasteiger partial charge in [0.05, 0.1) is 23.8 Å². The Labute approximate surface area is 179 Å². The summed E-state index contributed by atoms with van der Waals surface area (Å²) in [4.78, 5) is 22.0. The quantitative estimate of drug-likeness (QED) is 0.664. The average Bonchev–Trinajstić information content (AvgIpc) is 3.09. The predicted molar refractivity (Wildman–Crippen MR) is 118 cm³/mol. The number of aromatic amines is 1. The van der Waals surface area contributed by atoms with Crippen LogP contribution in [0.4, 0.5) is 0 Å².